The molecule has 2 N–H and O–H groups in total. The lowest BCUT2D eigenvalue weighted by atomic mass is 9.85. The van der Waals surface area contributed by atoms with Crippen molar-refractivity contribution in [2.45, 2.75) is 38.4 Å². The minimum atomic E-state index is -4.36. The highest BCUT2D eigenvalue weighted by atomic mass is 19.4. The summed E-state index contributed by atoms with van der Waals surface area (Å²) in [6.45, 7) is 3.31. The number of halogens is 3. The highest BCUT2D eigenvalue weighted by Gasteiger charge is 2.31. The molecular weight excluding hydrogens is 335 g/mol. The fraction of sp³-hybridized carbons (Fsp3) is 0.611. The molecule has 2 rings (SSSR count). The third-order valence-electron chi connectivity index (χ3n) is 4.63. The first-order valence-corrected chi connectivity index (χ1v) is 8.47. The average molecular weight is 359 g/mol. The van der Waals surface area contributed by atoms with E-state index < -0.39 is 23.6 Å². The maximum absolute atomic E-state index is 12.8. The summed E-state index contributed by atoms with van der Waals surface area (Å²) >= 11 is 0. The molecule has 1 fully saturated rings. The third-order valence-corrected chi connectivity index (χ3v) is 4.63. The van der Waals surface area contributed by atoms with Gasteiger partial charge in [0.2, 0.25) is 0 Å². The smallest absolute Gasteiger partial charge is 0.416 e. The number of alkyl halides is 3. The van der Waals surface area contributed by atoms with E-state index in [1.165, 1.54) is 6.07 Å². The molecule has 2 atom stereocenters. The number of nitrogens with one attached hydrogen (secondary N) is 1. The Kier molecular flexibility index (Phi) is 6.84. The molecular formula is C18H24F3NO3. The third kappa shape index (κ3) is 6.01. The van der Waals surface area contributed by atoms with Gasteiger partial charge in [-0.05, 0) is 43.7 Å². The maximum Gasteiger partial charge on any atom is 0.416 e. The number of rotatable bonds is 7. The number of carbonyl (C=O) groups is 1. The van der Waals surface area contributed by atoms with Crippen LogP contribution in [0.25, 0.3) is 0 Å². The van der Waals surface area contributed by atoms with Gasteiger partial charge in [0.05, 0.1) is 11.5 Å². The molecule has 2 unspecified atom stereocenters. The molecule has 0 spiro atoms. The lowest BCUT2D eigenvalue weighted by molar-refractivity contribution is -0.145. The minimum absolute atomic E-state index is 0.0690. The largest absolute Gasteiger partial charge is 0.481 e. The molecule has 1 heterocycles. The standard InChI is InChI=1S/C18H24F3NO3/c1-12(9-13-3-2-4-15(10-13)18(19,20)21)22-11-16(17(23)24)14-5-7-25-8-6-14/h2-4,10,12,14,16,22H,5-9,11H2,1H3,(H,23,24). The summed E-state index contributed by atoms with van der Waals surface area (Å²) in [7, 11) is 0. The molecule has 7 heteroatoms. The first-order chi connectivity index (χ1) is 11.8. The zero-order valence-corrected chi connectivity index (χ0v) is 14.2. The van der Waals surface area contributed by atoms with Crippen molar-refractivity contribution in [3.8, 4) is 0 Å². The predicted molar refractivity (Wildman–Crippen MR) is 87.3 cm³/mol. The summed E-state index contributed by atoms with van der Waals surface area (Å²) in [5, 5.41) is 12.6. The van der Waals surface area contributed by atoms with Gasteiger partial charge in [0.1, 0.15) is 0 Å². The van der Waals surface area contributed by atoms with Crippen LogP contribution in [0.3, 0.4) is 0 Å². The van der Waals surface area contributed by atoms with Gasteiger partial charge < -0.3 is 15.2 Å². The average Bonchev–Trinajstić information content (AvgIpc) is 2.55. The van der Waals surface area contributed by atoms with Gasteiger partial charge >= 0.3 is 12.1 Å². The van der Waals surface area contributed by atoms with Crippen molar-refractivity contribution in [3.05, 3.63) is 35.4 Å². The molecule has 0 aliphatic carbocycles. The summed E-state index contributed by atoms with van der Waals surface area (Å²) in [5.41, 5.74) is -0.0874. The number of benzene rings is 1. The van der Waals surface area contributed by atoms with Crippen LogP contribution in [0, 0.1) is 11.8 Å². The number of aliphatic carboxylic acids is 1. The SMILES string of the molecule is CC(Cc1cccc(C(F)(F)F)c1)NCC(C(=O)O)C1CCOCC1. The van der Waals surface area contributed by atoms with Crippen molar-refractivity contribution < 1.29 is 27.8 Å². The number of hydrogen-bond donors (Lipinski definition) is 2. The van der Waals surface area contributed by atoms with Crippen LogP contribution in [0.2, 0.25) is 0 Å². The van der Waals surface area contributed by atoms with Crippen LogP contribution < -0.4 is 5.32 Å². The van der Waals surface area contributed by atoms with Crippen LogP contribution in [-0.4, -0.2) is 36.9 Å². The first kappa shape index (κ1) is 19.7. The van der Waals surface area contributed by atoms with Crippen molar-refractivity contribution in [3.63, 3.8) is 0 Å². The molecule has 0 saturated carbocycles. The molecule has 1 aliphatic rings. The monoisotopic (exact) mass is 359 g/mol. The molecule has 1 saturated heterocycles. The van der Waals surface area contributed by atoms with Crippen molar-refractivity contribution in [1.82, 2.24) is 5.32 Å². The zero-order chi connectivity index (χ0) is 18.4. The van der Waals surface area contributed by atoms with E-state index in [1.54, 1.807) is 6.07 Å². The van der Waals surface area contributed by atoms with Gasteiger partial charge in [-0.15, -0.1) is 0 Å². The van der Waals surface area contributed by atoms with Crippen molar-refractivity contribution in [1.29, 1.82) is 0 Å². The van der Waals surface area contributed by atoms with Crippen LogP contribution in [0.1, 0.15) is 30.9 Å². The second-order valence-corrected chi connectivity index (χ2v) is 6.61. The summed E-state index contributed by atoms with van der Waals surface area (Å²) in [6, 6.07) is 5.12. The van der Waals surface area contributed by atoms with E-state index in [-0.39, 0.29) is 12.0 Å². The maximum atomic E-state index is 12.8. The minimum Gasteiger partial charge on any atom is -0.481 e. The molecule has 25 heavy (non-hydrogen) atoms. The number of carboxylic acids is 1. The second kappa shape index (κ2) is 8.67. The number of ether oxygens (including phenoxy) is 1. The molecule has 0 aromatic heterocycles. The van der Waals surface area contributed by atoms with E-state index >= 15 is 0 Å². The van der Waals surface area contributed by atoms with E-state index in [9.17, 15) is 23.1 Å². The predicted octanol–water partition coefficient (Wildman–Crippen LogP) is 3.35. The van der Waals surface area contributed by atoms with Gasteiger partial charge in [0.25, 0.3) is 0 Å². The Bertz CT molecular complexity index is 571. The summed E-state index contributed by atoms with van der Waals surface area (Å²) in [6.07, 6.45) is -2.50. The van der Waals surface area contributed by atoms with Crippen LogP contribution in [-0.2, 0) is 22.1 Å². The summed E-state index contributed by atoms with van der Waals surface area (Å²) < 4.78 is 43.6. The quantitative estimate of drug-likeness (QED) is 0.784. The van der Waals surface area contributed by atoms with Gasteiger partial charge in [-0.3, -0.25) is 4.79 Å². The van der Waals surface area contributed by atoms with Crippen LogP contribution in [0.5, 0.6) is 0 Å². The van der Waals surface area contributed by atoms with Crippen molar-refractivity contribution >= 4 is 5.97 Å². The van der Waals surface area contributed by atoms with E-state index in [0.717, 1.165) is 25.0 Å². The zero-order valence-electron chi connectivity index (χ0n) is 14.2. The molecule has 0 bridgehead atoms. The van der Waals surface area contributed by atoms with E-state index in [0.29, 0.717) is 31.7 Å². The molecule has 0 amide bonds. The first-order valence-electron chi connectivity index (χ1n) is 8.47. The Balaban J connectivity index is 1.90. The van der Waals surface area contributed by atoms with Crippen LogP contribution in [0.15, 0.2) is 24.3 Å². The highest BCUT2D eigenvalue weighted by Crippen LogP contribution is 2.29. The Labute approximate surface area is 145 Å². The van der Waals surface area contributed by atoms with Crippen molar-refractivity contribution in [2.24, 2.45) is 11.8 Å². The van der Waals surface area contributed by atoms with Gasteiger partial charge in [-0.2, -0.15) is 13.2 Å². The van der Waals surface area contributed by atoms with E-state index in [4.69, 9.17) is 4.74 Å². The Morgan fingerprint density at radius 1 is 1.36 bits per heavy atom. The lowest BCUT2D eigenvalue weighted by Crippen LogP contribution is -2.40. The van der Waals surface area contributed by atoms with E-state index in [1.807, 2.05) is 6.92 Å². The molecule has 1 aromatic carbocycles. The highest BCUT2D eigenvalue weighted by molar-refractivity contribution is 5.70. The fourth-order valence-electron chi connectivity index (χ4n) is 3.20. The van der Waals surface area contributed by atoms with Gasteiger partial charge in [-0.25, -0.2) is 0 Å². The van der Waals surface area contributed by atoms with Gasteiger partial charge in [0, 0.05) is 25.8 Å². The van der Waals surface area contributed by atoms with Crippen molar-refractivity contribution in [2.75, 3.05) is 19.8 Å². The van der Waals surface area contributed by atoms with Gasteiger partial charge in [-0.1, -0.05) is 18.2 Å². The summed E-state index contributed by atoms with van der Waals surface area (Å²) in [5.74, 6) is -1.28. The molecule has 4 nitrogen and oxygen atoms in total. The molecule has 0 radical (unpaired) electrons. The van der Waals surface area contributed by atoms with Crippen LogP contribution in [0.4, 0.5) is 13.2 Å². The van der Waals surface area contributed by atoms with Gasteiger partial charge in [0.15, 0.2) is 0 Å². The van der Waals surface area contributed by atoms with Crippen LogP contribution >= 0.6 is 0 Å². The topological polar surface area (TPSA) is 58.6 Å². The molecule has 1 aliphatic heterocycles. The lowest BCUT2D eigenvalue weighted by Gasteiger charge is -2.28. The summed E-state index contributed by atoms with van der Waals surface area (Å²) in [4.78, 5) is 11.5. The molecule has 140 valence electrons. The normalized spacial score (nSPS) is 18.7. The number of carboxylic acid groups (broad SMARTS) is 1. The number of hydrogen-bond acceptors (Lipinski definition) is 3. The molecule has 1 aromatic rings. The Morgan fingerprint density at radius 2 is 2.04 bits per heavy atom. The second-order valence-electron chi connectivity index (χ2n) is 6.61. The fourth-order valence-corrected chi connectivity index (χ4v) is 3.20. The Hall–Kier alpha value is -1.60. The van der Waals surface area contributed by atoms with E-state index in [2.05, 4.69) is 5.32 Å². The Morgan fingerprint density at radius 3 is 2.64 bits per heavy atom.